The van der Waals surface area contributed by atoms with Crippen molar-refractivity contribution in [3.8, 4) is 5.69 Å². The molecule has 32 heavy (non-hydrogen) atoms. The van der Waals surface area contributed by atoms with Crippen molar-refractivity contribution in [3.63, 3.8) is 0 Å². The van der Waals surface area contributed by atoms with Crippen molar-refractivity contribution >= 4 is 40.9 Å². The van der Waals surface area contributed by atoms with E-state index in [1.807, 2.05) is 56.5 Å². The molecule has 0 spiro atoms. The molecule has 1 saturated heterocycles. The molecule has 4 rings (SSSR count). The fourth-order valence-corrected chi connectivity index (χ4v) is 4.11. The zero-order valence-corrected chi connectivity index (χ0v) is 19.0. The number of thiocarbonyl (C=S) groups is 1. The lowest BCUT2D eigenvalue weighted by molar-refractivity contribution is -0.122. The summed E-state index contributed by atoms with van der Waals surface area (Å²) in [6.07, 6.45) is 1.58. The van der Waals surface area contributed by atoms with Crippen molar-refractivity contribution in [2.75, 3.05) is 4.90 Å². The molecule has 1 aliphatic heterocycles. The standard InChI is InChI=1S/C25H22FN3O2S/c1-14-5-8-21(11-15(14)2)29-24(31)22(23(30)27-25(29)32)13-18-12-16(3)28(17(18)4)20-9-6-19(26)7-10-20/h5-13H,1-4H3,(H,27,30,32)/b22-13+. The normalized spacial score (nSPS) is 15.5. The molecule has 0 atom stereocenters. The van der Waals surface area contributed by atoms with Crippen molar-refractivity contribution in [3.05, 3.63) is 88.0 Å². The van der Waals surface area contributed by atoms with Gasteiger partial charge in [-0.15, -0.1) is 0 Å². The van der Waals surface area contributed by atoms with E-state index in [0.29, 0.717) is 5.69 Å². The maximum absolute atomic E-state index is 13.3. The van der Waals surface area contributed by atoms with E-state index >= 15 is 0 Å². The van der Waals surface area contributed by atoms with Crippen LogP contribution < -0.4 is 10.2 Å². The van der Waals surface area contributed by atoms with Crippen molar-refractivity contribution in [1.82, 2.24) is 9.88 Å². The van der Waals surface area contributed by atoms with Crippen LogP contribution >= 0.6 is 12.2 Å². The van der Waals surface area contributed by atoms with Gasteiger partial charge >= 0.3 is 0 Å². The lowest BCUT2D eigenvalue weighted by Crippen LogP contribution is -2.54. The highest BCUT2D eigenvalue weighted by Gasteiger charge is 2.34. The first-order valence-corrected chi connectivity index (χ1v) is 10.5. The van der Waals surface area contributed by atoms with Crippen LogP contribution in [-0.4, -0.2) is 21.5 Å². The van der Waals surface area contributed by atoms with Crippen molar-refractivity contribution in [2.45, 2.75) is 27.7 Å². The second-order valence-electron chi connectivity index (χ2n) is 7.86. The molecular weight excluding hydrogens is 425 g/mol. The number of amides is 2. The number of carbonyl (C=O) groups excluding carboxylic acids is 2. The lowest BCUT2D eigenvalue weighted by atomic mass is 10.1. The van der Waals surface area contributed by atoms with Gasteiger partial charge in [-0.05, 0) is 105 Å². The number of aromatic nitrogens is 1. The van der Waals surface area contributed by atoms with Gasteiger partial charge in [0.25, 0.3) is 11.8 Å². The molecule has 1 aliphatic rings. The van der Waals surface area contributed by atoms with Gasteiger partial charge in [0.05, 0.1) is 5.69 Å². The number of aryl methyl sites for hydroxylation is 3. The van der Waals surface area contributed by atoms with Gasteiger partial charge in [-0.3, -0.25) is 19.8 Å². The summed E-state index contributed by atoms with van der Waals surface area (Å²) in [6, 6.07) is 13.6. The third-order valence-electron chi connectivity index (χ3n) is 5.71. The Balaban J connectivity index is 1.76. The Morgan fingerprint density at radius 1 is 0.906 bits per heavy atom. The Morgan fingerprint density at radius 2 is 1.56 bits per heavy atom. The number of carbonyl (C=O) groups is 2. The Bertz CT molecular complexity index is 1310. The molecule has 2 heterocycles. The second-order valence-corrected chi connectivity index (χ2v) is 8.25. The van der Waals surface area contributed by atoms with Gasteiger partial charge < -0.3 is 4.57 Å². The SMILES string of the molecule is Cc1ccc(N2C(=O)/C(=C/c3cc(C)n(-c4ccc(F)cc4)c3C)C(=O)NC2=S)cc1C. The maximum atomic E-state index is 13.3. The minimum Gasteiger partial charge on any atom is -0.318 e. The summed E-state index contributed by atoms with van der Waals surface area (Å²) < 4.78 is 15.3. The number of anilines is 1. The van der Waals surface area contributed by atoms with Gasteiger partial charge in [0.15, 0.2) is 5.11 Å². The van der Waals surface area contributed by atoms with Crippen LogP contribution in [-0.2, 0) is 9.59 Å². The molecule has 0 radical (unpaired) electrons. The Kier molecular flexibility index (Phi) is 5.52. The molecule has 0 aliphatic carbocycles. The molecular formula is C25H22FN3O2S. The highest BCUT2D eigenvalue weighted by atomic mass is 32.1. The number of hydrogen-bond acceptors (Lipinski definition) is 3. The fourth-order valence-electron chi connectivity index (χ4n) is 3.83. The smallest absolute Gasteiger partial charge is 0.270 e. The van der Waals surface area contributed by atoms with E-state index in [2.05, 4.69) is 5.32 Å². The number of halogens is 1. The van der Waals surface area contributed by atoms with E-state index in [1.54, 1.807) is 18.2 Å². The van der Waals surface area contributed by atoms with Gasteiger partial charge in [-0.2, -0.15) is 0 Å². The quantitative estimate of drug-likeness (QED) is 0.360. The van der Waals surface area contributed by atoms with Gasteiger partial charge in [-0.1, -0.05) is 6.07 Å². The Morgan fingerprint density at radius 3 is 2.22 bits per heavy atom. The summed E-state index contributed by atoms with van der Waals surface area (Å²) >= 11 is 5.29. The molecule has 162 valence electrons. The topological polar surface area (TPSA) is 54.3 Å². The minimum absolute atomic E-state index is 0.00353. The van der Waals surface area contributed by atoms with Crippen LogP contribution in [0.15, 0.2) is 54.1 Å². The molecule has 1 fully saturated rings. The van der Waals surface area contributed by atoms with Crippen molar-refractivity contribution < 1.29 is 14.0 Å². The predicted octanol–water partition coefficient (Wildman–Crippen LogP) is 4.68. The summed E-state index contributed by atoms with van der Waals surface area (Å²) in [4.78, 5) is 27.3. The van der Waals surface area contributed by atoms with Crippen LogP contribution in [0.4, 0.5) is 10.1 Å². The summed E-state index contributed by atoms with van der Waals surface area (Å²) in [7, 11) is 0. The van der Waals surface area contributed by atoms with Crippen molar-refractivity contribution in [2.24, 2.45) is 0 Å². The van der Waals surface area contributed by atoms with Crippen molar-refractivity contribution in [1.29, 1.82) is 0 Å². The van der Waals surface area contributed by atoms with E-state index in [0.717, 1.165) is 33.8 Å². The van der Waals surface area contributed by atoms with E-state index in [1.165, 1.54) is 17.0 Å². The first-order chi connectivity index (χ1) is 15.2. The largest absolute Gasteiger partial charge is 0.318 e. The second kappa shape index (κ2) is 8.16. The van der Waals surface area contributed by atoms with Gasteiger partial charge in [-0.25, -0.2) is 4.39 Å². The number of nitrogens with zero attached hydrogens (tertiary/aromatic N) is 2. The molecule has 2 amide bonds. The van der Waals surface area contributed by atoms with Crippen LogP contribution in [0.1, 0.15) is 28.1 Å². The van der Waals surface area contributed by atoms with Gasteiger partial charge in [0.1, 0.15) is 11.4 Å². The summed E-state index contributed by atoms with van der Waals surface area (Å²) in [5.74, 6) is -1.33. The third-order valence-corrected chi connectivity index (χ3v) is 5.99. The Labute approximate surface area is 191 Å². The molecule has 2 aromatic carbocycles. The number of rotatable bonds is 3. The van der Waals surface area contributed by atoms with E-state index in [4.69, 9.17) is 12.2 Å². The molecule has 1 aromatic heterocycles. The monoisotopic (exact) mass is 447 g/mol. The molecule has 0 unspecified atom stereocenters. The number of benzene rings is 2. The molecule has 0 bridgehead atoms. The molecule has 5 nitrogen and oxygen atoms in total. The molecule has 0 saturated carbocycles. The van der Waals surface area contributed by atoms with Gasteiger partial charge in [0.2, 0.25) is 0 Å². The van der Waals surface area contributed by atoms with E-state index < -0.39 is 11.8 Å². The van der Waals surface area contributed by atoms with Crippen LogP contribution in [0.25, 0.3) is 11.8 Å². The highest BCUT2D eigenvalue weighted by Crippen LogP contribution is 2.27. The van der Waals surface area contributed by atoms with Gasteiger partial charge in [0, 0.05) is 17.1 Å². The highest BCUT2D eigenvalue weighted by molar-refractivity contribution is 7.80. The summed E-state index contributed by atoms with van der Waals surface area (Å²) in [5.41, 5.74) is 5.95. The first-order valence-electron chi connectivity index (χ1n) is 10.1. The lowest BCUT2D eigenvalue weighted by Gasteiger charge is -2.29. The van der Waals surface area contributed by atoms with Crippen LogP contribution in [0.3, 0.4) is 0 Å². The van der Waals surface area contributed by atoms with E-state index in [-0.39, 0.29) is 16.5 Å². The number of hydrogen-bond donors (Lipinski definition) is 1. The molecule has 7 heteroatoms. The van der Waals surface area contributed by atoms with Crippen LogP contribution in [0, 0.1) is 33.5 Å². The predicted molar refractivity (Wildman–Crippen MR) is 127 cm³/mol. The number of nitrogens with one attached hydrogen (secondary N) is 1. The zero-order valence-electron chi connectivity index (χ0n) is 18.2. The zero-order chi connectivity index (χ0) is 23.2. The van der Waals surface area contributed by atoms with Crippen LogP contribution in [0.5, 0.6) is 0 Å². The maximum Gasteiger partial charge on any atom is 0.270 e. The fraction of sp³-hybridized carbons (Fsp3) is 0.160. The molecule has 1 N–H and O–H groups in total. The van der Waals surface area contributed by atoms with E-state index in [9.17, 15) is 14.0 Å². The summed E-state index contributed by atoms with van der Waals surface area (Å²) in [6.45, 7) is 7.74. The Hall–Kier alpha value is -3.58. The average Bonchev–Trinajstić information content (AvgIpc) is 3.01. The third kappa shape index (κ3) is 3.76. The minimum atomic E-state index is -0.535. The van der Waals surface area contributed by atoms with Crippen LogP contribution in [0.2, 0.25) is 0 Å². The molecule has 3 aromatic rings. The average molecular weight is 448 g/mol. The first kappa shape index (κ1) is 21.6. The summed E-state index contributed by atoms with van der Waals surface area (Å²) in [5, 5.41) is 2.68.